The molecular formula is C24H39N3O2. The summed E-state index contributed by atoms with van der Waals surface area (Å²) in [6.07, 6.45) is 13.3. The number of rotatable bonds is 15. The highest BCUT2D eigenvalue weighted by Gasteiger charge is 2.18. The molecule has 1 atom stereocenters. The zero-order valence-electron chi connectivity index (χ0n) is 18.6. The maximum atomic E-state index is 11.9. The summed E-state index contributed by atoms with van der Waals surface area (Å²) in [5.41, 5.74) is 2.13. The molecule has 0 radical (unpaired) electrons. The summed E-state index contributed by atoms with van der Waals surface area (Å²) in [5.74, 6) is 0.809. The van der Waals surface area contributed by atoms with Gasteiger partial charge in [0, 0.05) is 13.7 Å². The van der Waals surface area contributed by atoms with Crippen molar-refractivity contribution in [2.45, 2.75) is 90.6 Å². The van der Waals surface area contributed by atoms with E-state index in [2.05, 4.69) is 28.9 Å². The van der Waals surface area contributed by atoms with Crippen LogP contribution in [0.3, 0.4) is 0 Å². The largest absolute Gasteiger partial charge is 0.375 e. The van der Waals surface area contributed by atoms with Crippen molar-refractivity contribution in [2.75, 3.05) is 13.7 Å². The minimum absolute atomic E-state index is 0.0724. The Morgan fingerprint density at radius 3 is 2.31 bits per heavy atom. The standard InChI is InChI=1S/C24H39N3O2/c1-4-5-6-7-8-9-10-11-12-15-18-27-22-17-14-13-16-21(22)26-24(27)20(2)25-23(28)19-29-3/h13-14,16-17,20H,4-12,15,18-19H2,1-3H3,(H,25,28). The van der Waals surface area contributed by atoms with Crippen molar-refractivity contribution in [3.05, 3.63) is 30.1 Å². The van der Waals surface area contributed by atoms with Crippen LogP contribution in [0.15, 0.2) is 24.3 Å². The highest BCUT2D eigenvalue weighted by molar-refractivity contribution is 5.78. The van der Waals surface area contributed by atoms with Crippen LogP contribution < -0.4 is 5.32 Å². The molecule has 1 N–H and O–H groups in total. The molecule has 1 aromatic carbocycles. The Hall–Kier alpha value is -1.88. The molecule has 2 aromatic rings. The fraction of sp³-hybridized carbons (Fsp3) is 0.667. The van der Waals surface area contributed by atoms with Crippen molar-refractivity contribution < 1.29 is 9.53 Å². The fourth-order valence-electron chi connectivity index (χ4n) is 3.90. The third kappa shape index (κ3) is 7.81. The van der Waals surface area contributed by atoms with Gasteiger partial charge in [0.2, 0.25) is 5.91 Å². The van der Waals surface area contributed by atoms with Crippen molar-refractivity contribution in [1.82, 2.24) is 14.9 Å². The van der Waals surface area contributed by atoms with E-state index >= 15 is 0 Å². The van der Waals surface area contributed by atoms with Gasteiger partial charge < -0.3 is 14.6 Å². The third-order valence-corrected chi connectivity index (χ3v) is 5.46. The minimum atomic E-state index is -0.145. The molecule has 1 unspecified atom stereocenters. The van der Waals surface area contributed by atoms with Gasteiger partial charge in [0.25, 0.3) is 0 Å². The lowest BCUT2D eigenvalue weighted by Gasteiger charge is -2.16. The van der Waals surface area contributed by atoms with E-state index in [0.29, 0.717) is 0 Å². The number of nitrogens with one attached hydrogen (secondary N) is 1. The summed E-state index contributed by atoms with van der Waals surface area (Å²) in [6, 6.07) is 8.08. The number of aryl methyl sites for hydroxylation is 1. The number of hydrogen-bond donors (Lipinski definition) is 1. The van der Waals surface area contributed by atoms with Crippen molar-refractivity contribution in [3.8, 4) is 0 Å². The van der Waals surface area contributed by atoms with E-state index in [0.717, 1.165) is 29.8 Å². The Labute approximate surface area is 176 Å². The molecule has 0 aliphatic rings. The second kappa shape index (κ2) is 13.4. The van der Waals surface area contributed by atoms with Crippen LogP contribution in [0.5, 0.6) is 0 Å². The Bertz CT molecular complexity index is 726. The zero-order valence-corrected chi connectivity index (χ0v) is 18.6. The lowest BCUT2D eigenvalue weighted by Crippen LogP contribution is -2.31. The molecule has 0 bridgehead atoms. The van der Waals surface area contributed by atoms with Crippen LogP contribution in [-0.2, 0) is 16.1 Å². The first-order valence-electron chi connectivity index (χ1n) is 11.4. The number of para-hydroxylation sites is 2. The van der Waals surface area contributed by atoms with Crippen LogP contribution in [0, 0.1) is 0 Å². The molecule has 0 fully saturated rings. The predicted molar refractivity (Wildman–Crippen MR) is 120 cm³/mol. The van der Waals surface area contributed by atoms with Crippen LogP contribution in [0.4, 0.5) is 0 Å². The van der Waals surface area contributed by atoms with Crippen LogP contribution >= 0.6 is 0 Å². The first kappa shape index (κ1) is 23.4. The topological polar surface area (TPSA) is 56.2 Å². The maximum Gasteiger partial charge on any atom is 0.246 e. The van der Waals surface area contributed by atoms with Crippen molar-refractivity contribution >= 4 is 16.9 Å². The fourth-order valence-corrected chi connectivity index (χ4v) is 3.90. The lowest BCUT2D eigenvalue weighted by atomic mass is 10.1. The van der Waals surface area contributed by atoms with Gasteiger partial charge in [0.1, 0.15) is 12.4 Å². The van der Waals surface area contributed by atoms with E-state index in [1.807, 2.05) is 19.1 Å². The van der Waals surface area contributed by atoms with Crippen molar-refractivity contribution in [1.29, 1.82) is 0 Å². The molecule has 0 aliphatic carbocycles. The van der Waals surface area contributed by atoms with Gasteiger partial charge in [-0.2, -0.15) is 0 Å². The maximum absolute atomic E-state index is 11.9. The number of carbonyl (C=O) groups excluding carboxylic acids is 1. The molecule has 0 spiro atoms. The molecule has 1 amide bonds. The molecule has 0 saturated carbocycles. The lowest BCUT2D eigenvalue weighted by molar-refractivity contribution is -0.125. The predicted octanol–water partition coefficient (Wildman–Crippen LogP) is 5.78. The number of benzene rings is 1. The second-order valence-electron chi connectivity index (χ2n) is 8.01. The summed E-state index contributed by atoms with van der Waals surface area (Å²) >= 11 is 0. The summed E-state index contributed by atoms with van der Waals surface area (Å²) in [7, 11) is 1.53. The highest BCUT2D eigenvalue weighted by atomic mass is 16.5. The van der Waals surface area contributed by atoms with Gasteiger partial charge in [-0.3, -0.25) is 4.79 Å². The van der Waals surface area contributed by atoms with Gasteiger partial charge in [-0.25, -0.2) is 4.98 Å². The van der Waals surface area contributed by atoms with Gasteiger partial charge >= 0.3 is 0 Å². The summed E-state index contributed by atoms with van der Waals surface area (Å²) in [5, 5.41) is 2.99. The number of amides is 1. The van der Waals surface area contributed by atoms with Crippen LogP contribution in [-0.4, -0.2) is 29.2 Å². The van der Waals surface area contributed by atoms with Gasteiger partial charge in [-0.15, -0.1) is 0 Å². The zero-order chi connectivity index (χ0) is 20.9. The second-order valence-corrected chi connectivity index (χ2v) is 8.01. The van der Waals surface area contributed by atoms with Crippen LogP contribution in [0.25, 0.3) is 11.0 Å². The van der Waals surface area contributed by atoms with Gasteiger partial charge in [0.15, 0.2) is 0 Å². The molecule has 1 heterocycles. The average Bonchev–Trinajstić information content (AvgIpc) is 3.08. The summed E-state index contributed by atoms with van der Waals surface area (Å²) in [6.45, 7) is 5.27. The minimum Gasteiger partial charge on any atom is -0.375 e. The Morgan fingerprint density at radius 1 is 1.03 bits per heavy atom. The number of hydrogen-bond acceptors (Lipinski definition) is 3. The Morgan fingerprint density at radius 2 is 1.66 bits per heavy atom. The number of carbonyl (C=O) groups is 1. The number of nitrogens with zero attached hydrogens (tertiary/aromatic N) is 2. The molecule has 1 aromatic heterocycles. The first-order chi connectivity index (χ1) is 14.2. The quantitative estimate of drug-likeness (QED) is 0.385. The van der Waals surface area contributed by atoms with E-state index in [1.165, 1.54) is 64.9 Å². The molecule has 29 heavy (non-hydrogen) atoms. The van der Waals surface area contributed by atoms with E-state index in [-0.39, 0.29) is 18.6 Å². The summed E-state index contributed by atoms with van der Waals surface area (Å²) in [4.78, 5) is 16.7. The van der Waals surface area contributed by atoms with Gasteiger partial charge in [0.05, 0.1) is 17.1 Å². The normalized spacial score (nSPS) is 12.4. The molecule has 0 aliphatic heterocycles. The molecule has 5 heteroatoms. The smallest absolute Gasteiger partial charge is 0.246 e. The van der Waals surface area contributed by atoms with Crippen LogP contribution in [0.1, 0.15) is 89.9 Å². The molecule has 0 saturated heterocycles. The number of imidazole rings is 1. The van der Waals surface area contributed by atoms with Crippen molar-refractivity contribution in [2.24, 2.45) is 0 Å². The SMILES string of the molecule is CCCCCCCCCCCCn1c(C(C)NC(=O)COC)nc2ccccc21. The van der Waals surface area contributed by atoms with E-state index in [4.69, 9.17) is 9.72 Å². The monoisotopic (exact) mass is 401 g/mol. The number of ether oxygens (including phenoxy) is 1. The average molecular weight is 402 g/mol. The third-order valence-electron chi connectivity index (χ3n) is 5.46. The highest BCUT2D eigenvalue weighted by Crippen LogP contribution is 2.22. The first-order valence-corrected chi connectivity index (χ1v) is 11.4. The van der Waals surface area contributed by atoms with Crippen LogP contribution in [0.2, 0.25) is 0 Å². The Kier molecular flexibility index (Phi) is 10.8. The van der Waals surface area contributed by atoms with E-state index in [1.54, 1.807) is 0 Å². The molecular weight excluding hydrogens is 362 g/mol. The number of unbranched alkanes of at least 4 members (excludes halogenated alkanes) is 9. The summed E-state index contributed by atoms with van der Waals surface area (Å²) < 4.78 is 7.20. The van der Waals surface area contributed by atoms with E-state index in [9.17, 15) is 4.79 Å². The molecule has 2 rings (SSSR count). The molecule has 162 valence electrons. The van der Waals surface area contributed by atoms with Gasteiger partial charge in [-0.05, 0) is 25.5 Å². The van der Waals surface area contributed by atoms with E-state index < -0.39 is 0 Å². The van der Waals surface area contributed by atoms with Gasteiger partial charge in [-0.1, -0.05) is 76.8 Å². The van der Waals surface area contributed by atoms with Crippen molar-refractivity contribution in [3.63, 3.8) is 0 Å². The Balaban J connectivity index is 1.85. The molecule has 5 nitrogen and oxygen atoms in total. The number of fused-ring (bicyclic) bond motifs is 1. The number of aromatic nitrogens is 2. The number of methoxy groups -OCH3 is 1.